The molecule has 234 valence electrons. The molecule has 0 aromatic heterocycles. The molecule has 2 unspecified atom stereocenters. The summed E-state index contributed by atoms with van der Waals surface area (Å²) in [5.74, 6) is -0.401. The fraction of sp³-hybridized carbons (Fsp3) is 0.421. The third kappa shape index (κ3) is 10.6. The Morgan fingerprint density at radius 3 is 1.11 bits per heavy atom. The van der Waals surface area contributed by atoms with Gasteiger partial charge in [0.05, 0.1) is 11.1 Å². The first-order chi connectivity index (χ1) is 21.2. The molecule has 0 saturated carbocycles. The first-order valence-corrected chi connectivity index (χ1v) is 16.1. The average molecular weight is 599 g/mol. The van der Waals surface area contributed by atoms with Crippen molar-refractivity contribution in [3.8, 4) is 11.5 Å². The van der Waals surface area contributed by atoms with Crippen LogP contribution in [0.4, 0.5) is 0 Å². The van der Waals surface area contributed by atoms with Crippen LogP contribution in [0.15, 0.2) is 72.8 Å². The van der Waals surface area contributed by atoms with Crippen LogP contribution in [-0.4, -0.2) is 23.5 Å². The van der Waals surface area contributed by atoms with Crippen LogP contribution < -0.4 is 9.47 Å². The zero-order chi connectivity index (χ0) is 31.9. The second kappa shape index (κ2) is 17.9. The highest BCUT2D eigenvalue weighted by Gasteiger charge is 2.18. The van der Waals surface area contributed by atoms with Crippen LogP contribution in [0.5, 0.6) is 11.5 Å². The van der Waals surface area contributed by atoms with Gasteiger partial charge in [0.1, 0.15) is 11.5 Å². The van der Waals surface area contributed by atoms with Crippen LogP contribution >= 0.6 is 0 Å². The molecule has 0 amide bonds. The SMILES string of the molecule is CCCCCCC(C)C(=O)c1ccc(OC(=O)c2ccc(C(=O)Oc3ccc(C(=O)C(C)CCCCCC)cc3)cc2)cc1. The number of esters is 2. The lowest BCUT2D eigenvalue weighted by atomic mass is 9.94. The predicted octanol–water partition coefficient (Wildman–Crippen LogP) is 9.70. The van der Waals surface area contributed by atoms with Gasteiger partial charge >= 0.3 is 11.9 Å². The molecule has 0 aliphatic heterocycles. The molecule has 0 radical (unpaired) electrons. The molecule has 0 saturated heterocycles. The summed E-state index contributed by atoms with van der Waals surface area (Å²) in [6.45, 7) is 8.24. The molecule has 6 heteroatoms. The predicted molar refractivity (Wildman–Crippen MR) is 174 cm³/mol. The van der Waals surface area contributed by atoms with Crippen LogP contribution in [0, 0.1) is 11.8 Å². The molecule has 0 heterocycles. The number of carbonyl (C=O) groups is 4. The molecule has 44 heavy (non-hydrogen) atoms. The van der Waals surface area contributed by atoms with Gasteiger partial charge in [-0.2, -0.15) is 0 Å². The van der Waals surface area contributed by atoms with Crippen molar-refractivity contribution in [2.24, 2.45) is 11.8 Å². The molecule has 0 fully saturated rings. The maximum absolute atomic E-state index is 12.7. The zero-order valence-electron chi connectivity index (χ0n) is 26.6. The molecular weight excluding hydrogens is 552 g/mol. The molecule has 0 N–H and O–H groups in total. The summed E-state index contributed by atoms with van der Waals surface area (Å²) in [5, 5.41) is 0. The Morgan fingerprint density at radius 1 is 0.477 bits per heavy atom. The topological polar surface area (TPSA) is 86.7 Å². The summed E-state index contributed by atoms with van der Waals surface area (Å²) in [6.07, 6.45) is 10.8. The van der Waals surface area contributed by atoms with E-state index >= 15 is 0 Å². The fourth-order valence-electron chi connectivity index (χ4n) is 5.03. The number of ether oxygens (including phenoxy) is 2. The van der Waals surface area contributed by atoms with Gasteiger partial charge in [-0.25, -0.2) is 9.59 Å². The van der Waals surface area contributed by atoms with Gasteiger partial charge in [-0.1, -0.05) is 79.1 Å². The molecule has 3 rings (SSSR count). The first-order valence-electron chi connectivity index (χ1n) is 16.1. The Hall–Kier alpha value is -4.06. The molecule has 6 nitrogen and oxygen atoms in total. The lowest BCUT2D eigenvalue weighted by molar-refractivity contribution is 0.0720. The van der Waals surface area contributed by atoms with Crippen LogP contribution in [0.2, 0.25) is 0 Å². The van der Waals surface area contributed by atoms with Crippen molar-refractivity contribution in [2.75, 3.05) is 0 Å². The molecule has 0 bridgehead atoms. The number of hydrogen-bond acceptors (Lipinski definition) is 6. The highest BCUT2D eigenvalue weighted by Crippen LogP contribution is 2.22. The van der Waals surface area contributed by atoms with Crippen molar-refractivity contribution in [2.45, 2.75) is 91.9 Å². The van der Waals surface area contributed by atoms with E-state index in [1.165, 1.54) is 37.1 Å². The van der Waals surface area contributed by atoms with Crippen molar-refractivity contribution in [1.29, 1.82) is 0 Å². The van der Waals surface area contributed by atoms with E-state index in [-0.39, 0.29) is 34.5 Å². The van der Waals surface area contributed by atoms with E-state index in [2.05, 4.69) is 13.8 Å². The second-order valence-electron chi connectivity index (χ2n) is 11.6. The monoisotopic (exact) mass is 598 g/mol. The van der Waals surface area contributed by atoms with Crippen molar-refractivity contribution in [1.82, 2.24) is 0 Å². The summed E-state index contributed by atoms with van der Waals surface area (Å²) in [5.41, 5.74) is 1.75. The van der Waals surface area contributed by atoms with Crippen molar-refractivity contribution in [3.05, 3.63) is 95.1 Å². The minimum Gasteiger partial charge on any atom is -0.423 e. The quantitative estimate of drug-likeness (QED) is 0.0627. The van der Waals surface area contributed by atoms with E-state index in [0.717, 1.165) is 51.4 Å². The molecule has 3 aromatic rings. The molecule has 0 aliphatic carbocycles. The van der Waals surface area contributed by atoms with Gasteiger partial charge in [-0.05, 0) is 85.6 Å². The van der Waals surface area contributed by atoms with E-state index in [1.807, 2.05) is 13.8 Å². The zero-order valence-corrected chi connectivity index (χ0v) is 26.6. The van der Waals surface area contributed by atoms with Gasteiger partial charge in [-0.3, -0.25) is 9.59 Å². The Kier molecular flexibility index (Phi) is 14.0. The van der Waals surface area contributed by atoms with Crippen molar-refractivity contribution < 1.29 is 28.7 Å². The summed E-state index contributed by atoms with van der Waals surface area (Å²) in [4.78, 5) is 50.8. The molecule has 2 atom stereocenters. The minimum atomic E-state index is -0.576. The van der Waals surface area contributed by atoms with Crippen molar-refractivity contribution >= 4 is 23.5 Å². The number of ketones is 2. The van der Waals surface area contributed by atoms with Crippen LogP contribution in [-0.2, 0) is 0 Å². The summed E-state index contributed by atoms with van der Waals surface area (Å²) in [7, 11) is 0. The molecule has 0 aliphatic rings. The summed E-state index contributed by atoms with van der Waals surface area (Å²) >= 11 is 0. The Balaban J connectivity index is 1.50. The highest BCUT2D eigenvalue weighted by atomic mass is 16.5. The van der Waals surface area contributed by atoms with E-state index in [9.17, 15) is 19.2 Å². The Morgan fingerprint density at radius 2 is 0.795 bits per heavy atom. The van der Waals surface area contributed by atoms with Gasteiger partial charge in [0.15, 0.2) is 11.6 Å². The fourth-order valence-corrected chi connectivity index (χ4v) is 5.03. The maximum atomic E-state index is 12.7. The minimum absolute atomic E-state index is 0.0484. The largest absolute Gasteiger partial charge is 0.423 e. The van der Waals surface area contributed by atoms with E-state index in [4.69, 9.17) is 9.47 Å². The summed E-state index contributed by atoms with van der Waals surface area (Å²) < 4.78 is 10.9. The number of unbranched alkanes of at least 4 members (excludes halogenated alkanes) is 6. The van der Waals surface area contributed by atoms with E-state index < -0.39 is 11.9 Å². The second-order valence-corrected chi connectivity index (χ2v) is 11.6. The van der Waals surface area contributed by atoms with Gasteiger partial charge in [0, 0.05) is 23.0 Å². The summed E-state index contributed by atoms with van der Waals surface area (Å²) in [6, 6.07) is 19.2. The van der Waals surface area contributed by atoms with Crippen LogP contribution in [0.3, 0.4) is 0 Å². The van der Waals surface area contributed by atoms with Gasteiger partial charge in [0.2, 0.25) is 0 Å². The van der Waals surface area contributed by atoms with Crippen LogP contribution in [0.25, 0.3) is 0 Å². The third-order valence-corrected chi connectivity index (χ3v) is 7.93. The van der Waals surface area contributed by atoms with E-state index in [0.29, 0.717) is 22.6 Å². The number of carbonyl (C=O) groups excluding carboxylic acids is 4. The third-order valence-electron chi connectivity index (χ3n) is 7.93. The van der Waals surface area contributed by atoms with Crippen molar-refractivity contribution in [3.63, 3.8) is 0 Å². The Labute approximate surface area is 262 Å². The number of hydrogen-bond donors (Lipinski definition) is 0. The number of benzene rings is 3. The molecular formula is C38H46O6. The normalized spacial score (nSPS) is 12.3. The maximum Gasteiger partial charge on any atom is 0.343 e. The van der Waals surface area contributed by atoms with Gasteiger partial charge in [-0.15, -0.1) is 0 Å². The van der Waals surface area contributed by atoms with Gasteiger partial charge in [0.25, 0.3) is 0 Å². The molecule has 3 aromatic carbocycles. The number of Topliss-reactive ketones (excluding diaryl/α,β-unsaturated/α-hetero) is 2. The molecule has 0 spiro atoms. The lowest BCUT2D eigenvalue weighted by Crippen LogP contribution is -2.13. The van der Waals surface area contributed by atoms with E-state index in [1.54, 1.807) is 48.5 Å². The van der Waals surface area contributed by atoms with Crippen LogP contribution in [0.1, 0.15) is 133 Å². The van der Waals surface area contributed by atoms with Gasteiger partial charge < -0.3 is 9.47 Å². The smallest absolute Gasteiger partial charge is 0.343 e. The highest BCUT2D eigenvalue weighted by molar-refractivity contribution is 5.99. The standard InChI is InChI=1S/C38H46O6/c1-5-7-9-11-13-27(3)35(39)29-19-23-33(24-20-29)43-37(41)31-15-17-32(18-16-31)38(42)44-34-25-21-30(22-26-34)36(40)28(4)14-12-10-8-6-2/h15-28H,5-14H2,1-4H3. The first kappa shape index (κ1) is 34.4. The lowest BCUT2D eigenvalue weighted by Gasteiger charge is -2.11. The average Bonchev–Trinajstić information content (AvgIpc) is 3.05. The number of rotatable bonds is 18. The Bertz CT molecular complexity index is 1250.